The van der Waals surface area contributed by atoms with E-state index in [0.717, 1.165) is 14.6 Å². The number of cyclic esters (lactones) is 2. The Morgan fingerprint density at radius 3 is 2.91 bits per heavy atom. The molecule has 0 N–H and O–H groups in total. The van der Waals surface area contributed by atoms with Gasteiger partial charge in [-0.15, -0.1) is 11.3 Å². The van der Waals surface area contributed by atoms with E-state index in [1.807, 2.05) is 24.3 Å². The summed E-state index contributed by atoms with van der Waals surface area (Å²) in [6.07, 6.45) is -0.518. The number of ketones is 1. The monoisotopic (exact) mass is 337 g/mol. The van der Waals surface area contributed by atoms with Crippen LogP contribution in [-0.2, 0) is 14.3 Å². The van der Waals surface area contributed by atoms with Gasteiger partial charge < -0.3 is 9.47 Å². The van der Waals surface area contributed by atoms with Crippen molar-refractivity contribution in [2.45, 2.75) is 36.3 Å². The molecule has 5 nitrogen and oxygen atoms in total. The molecule has 0 bridgehead atoms. The average Bonchev–Trinajstić information content (AvgIpc) is 2.86. The van der Waals surface area contributed by atoms with Crippen LogP contribution in [-0.4, -0.2) is 34.9 Å². The first-order chi connectivity index (χ1) is 10.6. The van der Waals surface area contributed by atoms with Gasteiger partial charge in [-0.05, 0) is 19.1 Å². The lowest BCUT2D eigenvalue weighted by molar-refractivity contribution is -0.121. The van der Waals surface area contributed by atoms with E-state index in [9.17, 15) is 9.59 Å². The van der Waals surface area contributed by atoms with E-state index in [1.165, 1.54) is 6.92 Å². The number of para-hydroxylation sites is 1. The Kier molecular flexibility index (Phi) is 4.63. The largest absolute Gasteiger partial charge is 0.508 e. The normalized spacial score (nSPS) is 21.4. The Balaban J connectivity index is 1.60. The maximum Gasteiger partial charge on any atom is 0.508 e. The van der Waals surface area contributed by atoms with Crippen molar-refractivity contribution in [1.29, 1.82) is 0 Å². The minimum atomic E-state index is -0.688. The van der Waals surface area contributed by atoms with Gasteiger partial charge in [0, 0.05) is 18.6 Å². The lowest BCUT2D eigenvalue weighted by atomic mass is 10.1. The molecule has 1 aliphatic rings. The summed E-state index contributed by atoms with van der Waals surface area (Å²) in [4.78, 5) is 27.1. The minimum Gasteiger partial charge on any atom is -0.430 e. The number of benzene rings is 1. The Hall–Kier alpha value is -1.60. The molecule has 1 aromatic carbocycles. The summed E-state index contributed by atoms with van der Waals surface area (Å²) < 4.78 is 12.3. The van der Waals surface area contributed by atoms with Crippen molar-refractivity contribution in [2.75, 3.05) is 5.75 Å². The molecule has 0 aliphatic carbocycles. The van der Waals surface area contributed by atoms with E-state index in [1.54, 1.807) is 23.1 Å². The molecule has 1 fully saturated rings. The maximum absolute atomic E-state index is 11.4. The van der Waals surface area contributed by atoms with Gasteiger partial charge in [-0.25, -0.2) is 9.78 Å². The molecular weight excluding hydrogens is 322 g/mol. The second-order valence-electron chi connectivity index (χ2n) is 5.13. The van der Waals surface area contributed by atoms with E-state index in [2.05, 4.69) is 4.98 Å². The van der Waals surface area contributed by atoms with Gasteiger partial charge in [0.1, 0.15) is 18.0 Å². The third-order valence-corrected chi connectivity index (χ3v) is 5.54. The van der Waals surface area contributed by atoms with Gasteiger partial charge in [0.15, 0.2) is 4.34 Å². The summed E-state index contributed by atoms with van der Waals surface area (Å²) in [5.74, 6) is 0.626. The number of thiazole rings is 1. The van der Waals surface area contributed by atoms with Gasteiger partial charge in [-0.3, -0.25) is 4.79 Å². The SMILES string of the molecule is CC(=O)C[C@H]1C[C@@H](CSc2nc3ccccc3s2)OC(=O)O1. The van der Waals surface area contributed by atoms with E-state index in [-0.39, 0.29) is 24.4 Å². The van der Waals surface area contributed by atoms with Crippen molar-refractivity contribution >= 4 is 45.3 Å². The minimum absolute atomic E-state index is 0.0114. The molecular formula is C15H15NO4S2. The Bertz CT molecular complexity index is 665. The summed E-state index contributed by atoms with van der Waals surface area (Å²) >= 11 is 3.19. The number of nitrogens with zero attached hydrogens (tertiary/aromatic N) is 1. The molecule has 0 unspecified atom stereocenters. The number of aromatic nitrogens is 1. The summed E-state index contributed by atoms with van der Waals surface area (Å²) in [5, 5.41) is 0. The number of carbonyl (C=O) groups excluding carboxylic acids is 2. The van der Waals surface area contributed by atoms with Gasteiger partial charge in [0.05, 0.1) is 10.2 Å². The number of ether oxygens (including phenoxy) is 2. The van der Waals surface area contributed by atoms with Gasteiger partial charge >= 0.3 is 6.16 Å². The van der Waals surface area contributed by atoms with E-state index >= 15 is 0 Å². The number of rotatable bonds is 5. The molecule has 2 heterocycles. The first kappa shape index (κ1) is 15.3. The zero-order chi connectivity index (χ0) is 15.5. The molecule has 7 heteroatoms. The Morgan fingerprint density at radius 1 is 1.36 bits per heavy atom. The average molecular weight is 337 g/mol. The smallest absolute Gasteiger partial charge is 0.430 e. The van der Waals surface area contributed by atoms with Crippen LogP contribution in [0.25, 0.3) is 10.2 Å². The van der Waals surface area contributed by atoms with Crippen molar-refractivity contribution < 1.29 is 19.1 Å². The van der Waals surface area contributed by atoms with Crippen LogP contribution >= 0.6 is 23.1 Å². The molecule has 0 saturated carbocycles. The van der Waals surface area contributed by atoms with Crippen LogP contribution in [0.1, 0.15) is 19.8 Å². The highest BCUT2D eigenvalue weighted by Crippen LogP contribution is 2.31. The number of hydrogen-bond donors (Lipinski definition) is 0. The van der Waals surface area contributed by atoms with Gasteiger partial charge in [0.25, 0.3) is 0 Å². The molecule has 0 spiro atoms. The third kappa shape index (κ3) is 3.78. The predicted octanol–water partition coefficient (Wildman–Crippen LogP) is 3.66. The quantitative estimate of drug-likeness (QED) is 0.613. The van der Waals surface area contributed by atoms with Crippen LogP contribution < -0.4 is 0 Å². The lowest BCUT2D eigenvalue weighted by Gasteiger charge is -2.28. The fraction of sp³-hybridized carbons (Fsp3) is 0.400. The zero-order valence-electron chi connectivity index (χ0n) is 12.0. The predicted molar refractivity (Wildman–Crippen MR) is 85.4 cm³/mol. The number of carbonyl (C=O) groups is 2. The van der Waals surface area contributed by atoms with Crippen LogP contribution in [0.4, 0.5) is 4.79 Å². The molecule has 22 heavy (non-hydrogen) atoms. The summed E-state index contributed by atoms with van der Waals surface area (Å²) in [6.45, 7) is 1.49. The molecule has 2 aromatic rings. The highest BCUT2D eigenvalue weighted by molar-refractivity contribution is 8.01. The van der Waals surface area contributed by atoms with Crippen molar-refractivity contribution in [2.24, 2.45) is 0 Å². The van der Waals surface area contributed by atoms with Crippen LogP contribution in [0.15, 0.2) is 28.6 Å². The van der Waals surface area contributed by atoms with E-state index in [4.69, 9.17) is 9.47 Å². The molecule has 1 aromatic heterocycles. The zero-order valence-corrected chi connectivity index (χ0v) is 13.6. The van der Waals surface area contributed by atoms with Gasteiger partial charge in [-0.1, -0.05) is 23.9 Å². The van der Waals surface area contributed by atoms with Gasteiger partial charge in [0.2, 0.25) is 0 Å². The van der Waals surface area contributed by atoms with Crippen LogP contribution in [0, 0.1) is 0 Å². The first-order valence-electron chi connectivity index (χ1n) is 6.95. The molecule has 0 amide bonds. The first-order valence-corrected chi connectivity index (χ1v) is 8.75. The number of thioether (sulfide) groups is 1. The highest BCUT2D eigenvalue weighted by atomic mass is 32.2. The van der Waals surface area contributed by atoms with Gasteiger partial charge in [-0.2, -0.15) is 0 Å². The van der Waals surface area contributed by atoms with Crippen molar-refractivity contribution in [3.63, 3.8) is 0 Å². The van der Waals surface area contributed by atoms with Crippen molar-refractivity contribution in [1.82, 2.24) is 4.98 Å². The molecule has 3 rings (SSSR count). The molecule has 1 saturated heterocycles. The maximum atomic E-state index is 11.4. The van der Waals surface area contributed by atoms with E-state index in [0.29, 0.717) is 12.2 Å². The number of hydrogen-bond acceptors (Lipinski definition) is 7. The molecule has 0 radical (unpaired) electrons. The van der Waals surface area contributed by atoms with Crippen molar-refractivity contribution in [3.05, 3.63) is 24.3 Å². The molecule has 116 valence electrons. The van der Waals surface area contributed by atoms with Crippen LogP contribution in [0.2, 0.25) is 0 Å². The second kappa shape index (κ2) is 6.66. The van der Waals surface area contributed by atoms with Crippen molar-refractivity contribution in [3.8, 4) is 0 Å². The standard InChI is InChI=1S/C15H15NO4S2/c1-9(17)6-10-7-11(20-15(18)19-10)8-21-14-16-12-4-2-3-5-13(12)22-14/h2-5,10-11H,6-8H2,1H3/t10-,11-/m0/s1. The molecule has 2 atom stereocenters. The van der Waals surface area contributed by atoms with Crippen LogP contribution in [0.5, 0.6) is 0 Å². The number of fused-ring (bicyclic) bond motifs is 1. The summed E-state index contributed by atoms with van der Waals surface area (Å²) in [5.41, 5.74) is 0.980. The Morgan fingerprint density at radius 2 is 2.14 bits per heavy atom. The molecule has 1 aliphatic heterocycles. The number of Topliss-reactive ketones (excluding diaryl/α,β-unsaturated/α-hetero) is 1. The second-order valence-corrected chi connectivity index (χ2v) is 7.43. The Labute approximate surface area is 136 Å². The third-order valence-electron chi connectivity index (χ3n) is 3.23. The lowest BCUT2D eigenvalue weighted by Crippen LogP contribution is -2.36. The summed E-state index contributed by atoms with van der Waals surface area (Å²) in [6, 6.07) is 7.96. The van der Waals surface area contributed by atoms with E-state index < -0.39 is 6.16 Å². The summed E-state index contributed by atoms with van der Waals surface area (Å²) in [7, 11) is 0. The fourth-order valence-electron chi connectivity index (χ4n) is 2.31. The van der Waals surface area contributed by atoms with Crippen LogP contribution in [0.3, 0.4) is 0 Å². The topological polar surface area (TPSA) is 65.5 Å². The fourth-order valence-corrected chi connectivity index (χ4v) is 4.42. The highest BCUT2D eigenvalue weighted by Gasteiger charge is 2.30.